The Kier molecular flexibility index (Phi) is 3.86. The quantitative estimate of drug-likeness (QED) is 0.836. The SMILES string of the molecule is CNc1nc(NC2CCN(C)C2)nc(N2CCCC2)n1. The molecule has 0 amide bonds. The standard InChI is InChI=1S/C13H23N7/c1-14-11-16-12(15-10-5-8-19(2)9-10)18-13(17-11)20-6-3-4-7-20/h10H,3-9H2,1-2H3,(H2,14,15,16,17,18). The molecule has 0 radical (unpaired) electrons. The van der Waals surface area contributed by atoms with E-state index in [1.165, 1.54) is 12.8 Å². The summed E-state index contributed by atoms with van der Waals surface area (Å²) >= 11 is 0. The Labute approximate surface area is 119 Å². The van der Waals surface area contributed by atoms with E-state index in [1.54, 1.807) is 0 Å². The summed E-state index contributed by atoms with van der Waals surface area (Å²) in [6.07, 6.45) is 3.57. The number of nitrogens with one attached hydrogen (secondary N) is 2. The number of likely N-dealkylation sites (tertiary alicyclic amines) is 1. The minimum Gasteiger partial charge on any atom is -0.357 e. The van der Waals surface area contributed by atoms with Gasteiger partial charge in [0.05, 0.1) is 0 Å². The topological polar surface area (TPSA) is 69.2 Å². The Bertz CT molecular complexity index is 458. The molecule has 1 unspecified atom stereocenters. The predicted octanol–water partition coefficient (Wildman–Crippen LogP) is 0.629. The highest BCUT2D eigenvalue weighted by Crippen LogP contribution is 2.19. The van der Waals surface area contributed by atoms with E-state index in [1.807, 2.05) is 7.05 Å². The lowest BCUT2D eigenvalue weighted by Gasteiger charge is -2.18. The molecule has 2 saturated heterocycles. The van der Waals surface area contributed by atoms with Gasteiger partial charge in [0.25, 0.3) is 0 Å². The van der Waals surface area contributed by atoms with Crippen LogP contribution < -0.4 is 15.5 Å². The summed E-state index contributed by atoms with van der Waals surface area (Å²) < 4.78 is 0. The average molecular weight is 277 g/mol. The molecule has 20 heavy (non-hydrogen) atoms. The van der Waals surface area contributed by atoms with Crippen molar-refractivity contribution in [2.45, 2.75) is 25.3 Å². The zero-order valence-electron chi connectivity index (χ0n) is 12.3. The second-order valence-electron chi connectivity index (χ2n) is 5.62. The first kappa shape index (κ1) is 13.4. The van der Waals surface area contributed by atoms with Crippen LogP contribution in [0.25, 0.3) is 0 Å². The van der Waals surface area contributed by atoms with E-state index in [9.17, 15) is 0 Å². The lowest BCUT2D eigenvalue weighted by Crippen LogP contribution is -2.26. The van der Waals surface area contributed by atoms with Crippen LogP contribution in [0.2, 0.25) is 0 Å². The molecule has 2 aliphatic heterocycles. The summed E-state index contributed by atoms with van der Waals surface area (Å²) in [4.78, 5) is 18.0. The second-order valence-corrected chi connectivity index (χ2v) is 5.62. The monoisotopic (exact) mass is 277 g/mol. The van der Waals surface area contributed by atoms with Crippen LogP contribution in [-0.4, -0.2) is 66.2 Å². The first-order chi connectivity index (χ1) is 9.74. The van der Waals surface area contributed by atoms with Crippen LogP contribution in [0.3, 0.4) is 0 Å². The first-order valence-corrected chi connectivity index (χ1v) is 7.38. The largest absolute Gasteiger partial charge is 0.357 e. The molecular weight excluding hydrogens is 254 g/mol. The van der Waals surface area contributed by atoms with E-state index in [0.29, 0.717) is 17.9 Å². The maximum atomic E-state index is 4.59. The molecule has 3 heterocycles. The van der Waals surface area contributed by atoms with Crippen molar-refractivity contribution in [3.05, 3.63) is 0 Å². The first-order valence-electron chi connectivity index (χ1n) is 7.38. The normalized spacial score (nSPS) is 23.3. The Morgan fingerprint density at radius 1 is 1.05 bits per heavy atom. The van der Waals surface area contributed by atoms with Crippen LogP contribution >= 0.6 is 0 Å². The molecule has 0 aliphatic carbocycles. The summed E-state index contributed by atoms with van der Waals surface area (Å²) in [5.41, 5.74) is 0. The second kappa shape index (κ2) is 5.78. The fourth-order valence-corrected chi connectivity index (χ4v) is 2.84. The molecule has 1 aromatic rings. The van der Waals surface area contributed by atoms with Gasteiger partial charge in [0.1, 0.15) is 0 Å². The number of hydrogen-bond donors (Lipinski definition) is 2. The fraction of sp³-hybridized carbons (Fsp3) is 0.769. The van der Waals surface area contributed by atoms with Crippen LogP contribution in [0.15, 0.2) is 0 Å². The molecule has 3 rings (SSSR count). The Balaban J connectivity index is 1.76. The number of likely N-dealkylation sites (N-methyl/N-ethyl adjacent to an activating group) is 1. The van der Waals surface area contributed by atoms with Gasteiger partial charge in [-0.15, -0.1) is 0 Å². The van der Waals surface area contributed by atoms with E-state index >= 15 is 0 Å². The van der Waals surface area contributed by atoms with Gasteiger partial charge in [0.2, 0.25) is 17.8 Å². The van der Waals surface area contributed by atoms with E-state index < -0.39 is 0 Å². The molecule has 2 fully saturated rings. The molecule has 7 nitrogen and oxygen atoms in total. The molecule has 0 bridgehead atoms. The smallest absolute Gasteiger partial charge is 0.231 e. The van der Waals surface area contributed by atoms with Crippen LogP contribution in [0.4, 0.5) is 17.8 Å². The maximum absolute atomic E-state index is 4.59. The van der Waals surface area contributed by atoms with Crippen molar-refractivity contribution >= 4 is 17.8 Å². The van der Waals surface area contributed by atoms with E-state index in [4.69, 9.17) is 0 Å². The third-order valence-corrected chi connectivity index (χ3v) is 3.96. The Hall–Kier alpha value is -1.63. The number of rotatable bonds is 4. The van der Waals surface area contributed by atoms with Gasteiger partial charge in [-0.2, -0.15) is 15.0 Å². The van der Waals surface area contributed by atoms with Gasteiger partial charge >= 0.3 is 0 Å². The van der Waals surface area contributed by atoms with Crippen molar-refractivity contribution in [1.82, 2.24) is 19.9 Å². The highest BCUT2D eigenvalue weighted by Gasteiger charge is 2.22. The third kappa shape index (κ3) is 2.92. The van der Waals surface area contributed by atoms with Crippen LogP contribution in [0, 0.1) is 0 Å². The van der Waals surface area contributed by atoms with Crippen molar-refractivity contribution in [3.8, 4) is 0 Å². The van der Waals surface area contributed by atoms with Gasteiger partial charge in [-0.25, -0.2) is 0 Å². The molecule has 2 aliphatic rings. The Morgan fingerprint density at radius 3 is 2.45 bits per heavy atom. The van der Waals surface area contributed by atoms with E-state index in [0.717, 1.165) is 38.5 Å². The molecule has 2 N–H and O–H groups in total. The maximum Gasteiger partial charge on any atom is 0.231 e. The number of anilines is 3. The molecule has 0 saturated carbocycles. The summed E-state index contributed by atoms with van der Waals surface area (Å²) in [5.74, 6) is 2.11. The summed E-state index contributed by atoms with van der Waals surface area (Å²) in [6.45, 7) is 4.25. The van der Waals surface area contributed by atoms with Crippen LogP contribution in [-0.2, 0) is 0 Å². The van der Waals surface area contributed by atoms with Gasteiger partial charge in [-0.3, -0.25) is 0 Å². The predicted molar refractivity (Wildman–Crippen MR) is 80.3 cm³/mol. The minimum atomic E-state index is 0.429. The van der Waals surface area contributed by atoms with Crippen LogP contribution in [0.1, 0.15) is 19.3 Å². The summed E-state index contributed by atoms with van der Waals surface area (Å²) in [5, 5.41) is 6.46. The lowest BCUT2D eigenvalue weighted by atomic mass is 10.3. The van der Waals surface area contributed by atoms with Crippen molar-refractivity contribution < 1.29 is 0 Å². The van der Waals surface area contributed by atoms with Crippen molar-refractivity contribution in [3.63, 3.8) is 0 Å². The molecule has 110 valence electrons. The van der Waals surface area contributed by atoms with Gasteiger partial charge in [0, 0.05) is 32.7 Å². The van der Waals surface area contributed by atoms with Gasteiger partial charge < -0.3 is 20.4 Å². The van der Waals surface area contributed by atoms with Crippen molar-refractivity contribution in [2.24, 2.45) is 0 Å². The molecule has 7 heteroatoms. The molecular formula is C13H23N7. The zero-order chi connectivity index (χ0) is 13.9. The lowest BCUT2D eigenvalue weighted by molar-refractivity contribution is 0.414. The van der Waals surface area contributed by atoms with Crippen LogP contribution in [0.5, 0.6) is 0 Å². The third-order valence-electron chi connectivity index (χ3n) is 3.96. The Morgan fingerprint density at radius 2 is 1.80 bits per heavy atom. The van der Waals surface area contributed by atoms with Gasteiger partial charge in [0.15, 0.2) is 0 Å². The highest BCUT2D eigenvalue weighted by molar-refractivity contribution is 5.44. The number of aromatic nitrogens is 3. The molecule has 0 spiro atoms. The number of nitrogens with zero attached hydrogens (tertiary/aromatic N) is 5. The summed E-state index contributed by atoms with van der Waals surface area (Å²) in [6, 6.07) is 0.429. The fourth-order valence-electron chi connectivity index (χ4n) is 2.84. The molecule has 0 aromatic carbocycles. The minimum absolute atomic E-state index is 0.429. The van der Waals surface area contributed by atoms with Gasteiger partial charge in [-0.05, 0) is 32.9 Å². The van der Waals surface area contributed by atoms with Gasteiger partial charge in [-0.1, -0.05) is 0 Å². The number of hydrogen-bond acceptors (Lipinski definition) is 7. The summed E-state index contributed by atoms with van der Waals surface area (Å²) in [7, 11) is 3.99. The van der Waals surface area contributed by atoms with Crippen molar-refractivity contribution in [2.75, 3.05) is 55.8 Å². The van der Waals surface area contributed by atoms with E-state index in [2.05, 4.69) is 42.4 Å². The van der Waals surface area contributed by atoms with Crippen molar-refractivity contribution in [1.29, 1.82) is 0 Å². The zero-order valence-corrected chi connectivity index (χ0v) is 12.3. The van der Waals surface area contributed by atoms with E-state index in [-0.39, 0.29) is 0 Å². The molecule has 1 aromatic heterocycles. The molecule has 1 atom stereocenters. The highest BCUT2D eigenvalue weighted by atomic mass is 15.3. The average Bonchev–Trinajstić information content (AvgIpc) is 3.10.